The van der Waals surface area contributed by atoms with E-state index in [0.717, 1.165) is 12.3 Å². The lowest BCUT2D eigenvalue weighted by molar-refractivity contribution is -0.357. The third-order valence-electron chi connectivity index (χ3n) is 4.13. The van der Waals surface area contributed by atoms with Crippen LogP contribution in [0, 0.1) is 0 Å². The molecule has 0 atom stereocenters. The van der Waals surface area contributed by atoms with Crippen LogP contribution in [0.1, 0.15) is 36.8 Å². The molecule has 0 aliphatic rings. The van der Waals surface area contributed by atoms with Gasteiger partial charge in [0.05, 0.1) is 5.52 Å². The second kappa shape index (κ2) is 6.24. The van der Waals surface area contributed by atoms with Crippen LogP contribution in [0.5, 0.6) is 0 Å². The number of rotatable bonds is 2. The molecule has 3 aromatic rings. The molecular formula is C17H13F6N3O2. The average molecular weight is 405 g/mol. The highest BCUT2D eigenvalue weighted by Crippen LogP contribution is 2.43. The number of hydrogen-bond acceptors (Lipinski definition) is 5. The van der Waals surface area contributed by atoms with Gasteiger partial charge in [-0.2, -0.15) is 26.3 Å². The van der Waals surface area contributed by atoms with Gasteiger partial charge in [-0.05, 0) is 12.1 Å². The molecule has 2 heterocycles. The largest absolute Gasteiger partial charge is 0.447 e. The Hall–Kier alpha value is -2.53. The van der Waals surface area contributed by atoms with Crippen molar-refractivity contribution in [2.75, 3.05) is 0 Å². The molecule has 0 aliphatic heterocycles. The van der Waals surface area contributed by atoms with E-state index in [1.807, 2.05) is 0 Å². The monoisotopic (exact) mass is 405 g/mol. The molecule has 11 heteroatoms. The van der Waals surface area contributed by atoms with Crippen molar-refractivity contribution >= 4 is 21.8 Å². The number of pyridine rings is 1. The van der Waals surface area contributed by atoms with Gasteiger partial charge in [0, 0.05) is 28.5 Å². The van der Waals surface area contributed by atoms with Crippen LogP contribution in [0.25, 0.3) is 21.8 Å². The molecule has 0 saturated heterocycles. The van der Waals surface area contributed by atoms with Gasteiger partial charge in [-0.15, -0.1) is 0 Å². The van der Waals surface area contributed by atoms with Crippen LogP contribution in [-0.2, 0) is 12.0 Å². The summed E-state index contributed by atoms with van der Waals surface area (Å²) >= 11 is 0. The zero-order valence-electron chi connectivity index (χ0n) is 14.4. The fraction of sp³-hybridized carbons (Fsp3) is 0.353. The van der Waals surface area contributed by atoms with Gasteiger partial charge in [0.1, 0.15) is 11.3 Å². The summed E-state index contributed by atoms with van der Waals surface area (Å²) in [6.07, 6.45) is -9.43. The molecule has 3 rings (SSSR count). The van der Waals surface area contributed by atoms with Crippen molar-refractivity contribution in [3.63, 3.8) is 0 Å². The van der Waals surface area contributed by atoms with E-state index in [1.165, 1.54) is 6.07 Å². The Morgan fingerprint density at radius 1 is 0.929 bits per heavy atom. The molecule has 28 heavy (non-hydrogen) atoms. The first kappa shape index (κ1) is 20.2. The van der Waals surface area contributed by atoms with Gasteiger partial charge < -0.3 is 10.2 Å². The Labute approximate surface area is 153 Å². The topological polar surface area (TPSA) is 79.1 Å². The van der Waals surface area contributed by atoms with Crippen LogP contribution < -0.4 is 0 Å². The van der Waals surface area contributed by atoms with Crippen LogP contribution in [-0.4, -0.2) is 31.3 Å². The van der Waals surface area contributed by atoms with E-state index in [9.17, 15) is 36.6 Å². The summed E-state index contributed by atoms with van der Waals surface area (Å²) in [5.74, 6) is -5.08. The SMILES string of the molecule is CC(C)c1nc(C(F)(F)F)c2cc(C(O)(O)C(F)(F)F)c3cccnc3c2n1. The first-order valence-electron chi connectivity index (χ1n) is 7.93. The molecule has 0 spiro atoms. The minimum Gasteiger partial charge on any atom is -0.355 e. The maximum Gasteiger partial charge on any atom is 0.447 e. The van der Waals surface area contributed by atoms with Crippen molar-refractivity contribution in [2.45, 2.75) is 37.9 Å². The fourth-order valence-electron chi connectivity index (χ4n) is 2.75. The molecule has 0 radical (unpaired) electrons. The van der Waals surface area contributed by atoms with Gasteiger partial charge in [0.15, 0.2) is 5.69 Å². The first-order valence-corrected chi connectivity index (χ1v) is 7.93. The van der Waals surface area contributed by atoms with E-state index in [2.05, 4.69) is 15.0 Å². The quantitative estimate of drug-likeness (QED) is 0.383. The fourth-order valence-corrected chi connectivity index (χ4v) is 2.75. The molecule has 150 valence electrons. The minimum atomic E-state index is -5.57. The van der Waals surface area contributed by atoms with Crippen LogP contribution in [0.3, 0.4) is 0 Å². The highest BCUT2D eigenvalue weighted by atomic mass is 19.4. The highest BCUT2D eigenvalue weighted by molar-refractivity contribution is 6.05. The van der Waals surface area contributed by atoms with Gasteiger partial charge in [0.25, 0.3) is 5.79 Å². The van der Waals surface area contributed by atoms with E-state index >= 15 is 0 Å². The Morgan fingerprint density at radius 3 is 2.11 bits per heavy atom. The number of aliphatic hydroxyl groups is 2. The predicted molar refractivity (Wildman–Crippen MR) is 86.1 cm³/mol. The summed E-state index contributed by atoms with van der Waals surface area (Å²) in [7, 11) is 0. The number of fused-ring (bicyclic) bond motifs is 3. The van der Waals surface area contributed by atoms with Crippen molar-refractivity contribution in [2.24, 2.45) is 0 Å². The van der Waals surface area contributed by atoms with Gasteiger partial charge in [-0.1, -0.05) is 19.9 Å². The van der Waals surface area contributed by atoms with E-state index < -0.39 is 40.7 Å². The second-order valence-electron chi connectivity index (χ2n) is 6.47. The molecule has 0 amide bonds. The van der Waals surface area contributed by atoms with Crippen molar-refractivity contribution in [3.05, 3.63) is 41.5 Å². The predicted octanol–water partition coefficient (Wildman–Crippen LogP) is 4.02. The average Bonchev–Trinajstić information content (AvgIpc) is 2.58. The van der Waals surface area contributed by atoms with Gasteiger partial charge in [-0.25, -0.2) is 9.97 Å². The summed E-state index contributed by atoms with van der Waals surface area (Å²) in [5.41, 5.74) is -3.33. The lowest BCUT2D eigenvalue weighted by Crippen LogP contribution is -2.42. The molecule has 0 bridgehead atoms. The zero-order valence-corrected chi connectivity index (χ0v) is 14.4. The van der Waals surface area contributed by atoms with E-state index in [1.54, 1.807) is 13.8 Å². The second-order valence-corrected chi connectivity index (χ2v) is 6.47. The Kier molecular flexibility index (Phi) is 4.51. The third-order valence-corrected chi connectivity index (χ3v) is 4.13. The summed E-state index contributed by atoms with van der Waals surface area (Å²) in [4.78, 5) is 11.3. The Bertz CT molecular complexity index is 1060. The zero-order chi connectivity index (χ0) is 21.1. The van der Waals surface area contributed by atoms with Crippen LogP contribution in [0.4, 0.5) is 26.3 Å². The Morgan fingerprint density at radius 2 is 1.57 bits per heavy atom. The van der Waals surface area contributed by atoms with Gasteiger partial charge >= 0.3 is 12.4 Å². The van der Waals surface area contributed by atoms with Crippen molar-refractivity contribution in [1.82, 2.24) is 15.0 Å². The van der Waals surface area contributed by atoms with E-state index in [4.69, 9.17) is 0 Å². The van der Waals surface area contributed by atoms with E-state index in [0.29, 0.717) is 6.07 Å². The smallest absolute Gasteiger partial charge is 0.355 e. The van der Waals surface area contributed by atoms with Crippen LogP contribution in [0.2, 0.25) is 0 Å². The maximum atomic E-state index is 13.6. The summed E-state index contributed by atoms with van der Waals surface area (Å²) in [6.45, 7) is 3.11. The molecule has 0 fully saturated rings. The number of aromatic nitrogens is 3. The third kappa shape index (κ3) is 3.14. The Balaban J connectivity index is 2.57. The normalized spacial score (nSPS) is 13.7. The van der Waals surface area contributed by atoms with Crippen LogP contribution >= 0.6 is 0 Å². The molecule has 1 aromatic carbocycles. The number of benzene rings is 1. The first-order chi connectivity index (χ1) is 12.7. The van der Waals surface area contributed by atoms with E-state index in [-0.39, 0.29) is 22.2 Å². The van der Waals surface area contributed by atoms with Crippen molar-refractivity contribution in [1.29, 1.82) is 0 Å². The minimum absolute atomic E-state index is 0.172. The molecule has 2 N–H and O–H groups in total. The summed E-state index contributed by atoms with van der Waals surface area (Å²) in [6, 6.07) is 2.72. The van der Waals surface area contributed by atoms with Crippen molar-refractivity contribution < 1.29 is 36.6 Å². The number of alkyl halides is 6. The summed E-state index contributed by atoms with van der Waals surface area (Å²) in [5, 5.41) is 18.2. The standard InChI is InChI=1S/C17H13F6N3O2/c1-7(2)14-25-12-9(13(26-14)16(18,19)20)6-10(15(27,28)17(21,22)23)8-4-3-5-24-11(8)12/h3-7,27-28H,1-2H3. The maximum absolute atomic E-state index is 13.6. The molecule has 0 aliphatic carbocycles. The number of halogens is 6. The summed E-state index contributed by atoms with van der Waals surface area (Å²) < 4.78 is 80.2. The van der Waals surface area contributed by atoms with Crippen molar-refractivity contribution in [3.8, 4) is 0 Å². The molecule has 0 saturated carbocycles. The molecule has 5 nitrogen and oxygen atoms in total. The number of nitrogens with zero attached hydrogens (tertiary/aromatic N) is 3. The lowest BCUT2D eigenvalue weighted by Gasteiger charge is -2.26. The number of hydrogen-bond donors (Lipinski definition) is 2. The molecular weight excluding hydrogens is 392 g/mol. The molecule has 0 unspecified atom stereocenters. The van der Waals surface area contributed by atoms with Gasteiger partial charge in [0.2, 0.25) is 0 Å². The highest BCUT2D eigenvalue weighted by Gasteiger charge is 2.55. The van der Waals surface area contributed by atoms with Gasteiger partial charge in [-0.3, -0.25) is 4.98 Å². The molecule has 2 aromatic heterocycles. The van der Waals surface area contributed by atoms with Crippen LogP contribution in [0.15, 0.2) is 24.4 Å². The lowest BCUT2D eigenvalue weighted by atomic mass is 9.96.